The fourth-order valence-electron chi connectivity index (χ4n) is 2.89. The second-order valence-corrected chi connectivity index (χ2v) is 6.66. The van der Waals surface area contributed by atoms with E-state index in [1.54, 1.807) is 0 Å². The summed E-state index contributed by atoms with van der Waals surface area (Å²) < 4.78 is 0. The summed E-state index contributed by atoms with van der Waals surface area (Å²) >= 11 is 1.90. The van der Waals surface area contributed by atoms with Gasteiger partial charge in [0.15, 0.2) is 0 Å². The SMILES string of the molecule is CNC1(CC(=O)NCCCCCSC)CCCCC1. The van der Waals surface area contributed by atoms with Gasteiger partial charge in [0.25, 0.3) is 0 Å². The number of hydrogen-bond acceptors (Lipinski definition) is 3. The number of unbranched alkanes of at least 4 members (excludes halogenated alkanes) is 2. The lowest BCUT2D eigenvalue weighted by Gasteiger charge is -2.36. The molecule has 0 bridgehead atoms. The fourth-order valence-corrected chi connectivity index (χ4v) is 3.38. The molecular formula is C15H30N2OS. The summed E-state index contributed by atoms with van der Waals surface area (Å²) in [6.45, 7) is 0.840. The zero-order chi connectivity index (χ0) is 14.0. The zero-order valence-corrected chi connectivity index (χ0v) is 13.4. The summed E-state index contributed by atoms with van der Waals surface area (Å²) in [5, 5.41) is 6.48. The molecule has 0 heterocycles. The third-order valence-corrected chi connectivity index (χ3v) is 4.88. The minimum Gasteiger partial charge on any atom is -0.356 e. The summed E-state index contributed by atoms with van der Waals surface area (Å²) in [5.74, 6) is 1.46. The van der Waals surface area contributed by atoms with Crippen molar-refractivity contribution in [3.05, 3.63) is 0 Å². The summed E-state index contributed by atoms with van der Waals surface area (Å²) in [4.78, 5) is 12.0. The van der Waals surface area contributed by atoms with E-state index in [9.17, 15) is 4.79 Å². The average Bonchev–Trinajstić information content (AvgIpc) is 2.43. The van der Waals surface area contributed by atoms with Gasteiger partial charge < -0.3 is 10.6 Å². The van der Waals surface area contributed by atoms with Crippen molar-refractivity contribution < 1.29 is 4.79 Å². The Hall–Kier alpha value is -0.220. The molecule has 1 fully saturated rings. The van der Waals surface area contributed by atoms with Gasteiger partial charge in [-0.1, -0.05) is 25.7 Å². The molecule has 0 spiro atoms. The summed E-state index contributed by atoms with van der Waals surface area (Å²) in [6, 6.07) is 0. The van der Waals surface area contributed by atoms with Gasteiger partial charge in [-0.15, -0.1) is 0 Å². The minimum atomic E-state index is 0.0706. The molecule has 0 atom stereocenters. The van der Waals surface area contributed by atoms with Crippen molar-refractivity contribution in [2.45, 2.75) is 63.3 Å². The predicted molar refractivity (Wildman–Crippen MR) is 84.7 cm³/mol. The van der Waals surface area contributed by atoms with Crippen LogP contribution in [-0.2, 0) is 4.79 Å². The Morgan fingerprint density at radius 2 is 1.89 bits per heavy atom. The Morgan fingerprint density at radius 3 is 2.53 bits per heavy atom. The molecule has 3 nitrogen and oxygen atoms in total. The number of thioether (sulfide) groups is 1. The van der Waals surface area contributed by atoms with E-state index in [1.165, 1.54) is 37.9 Å². The molecule has 19 heavy (non-hydrogen) atoms. The molecule has 0 aromatic rings. The van der Waals surface area contributed by atoms with Crippen molar-refractivity contribution in [3.8, 4) is 0 Å². The molecule has 1 aliphatic rings. The molecule has 0 aromatic heterocycles. The highest BCUT2D eigenvalue weighted by molar-refractivity contribution is 7.98. The molecule has 0 aliphatic heterocycles. The predicted octanol–water partition coefficient (Wildman–Crippen LogP) is 2.95. The lowest BCUT2D eigenvalue weighted by molar-refractivity contribution is -0.122. The van der Waals surface area contributed by atoms with E-state index in [1.807, 2.05) is 18.8 Å². The van der Waals surface area contributed by atoms with Crippen molar-refractivity contribution in [1.82, 2.24) is 10.6 Å². The molecule has 1 amide bonds. The first-order chi connectivity index (χ1) is 9.22. The van der Waals surface area contributed by atoms with E-state index in [-0.39, 0.29) is 11.4 Å². The average molecular weight is 286 g/mol. The van der Waals surface area contributed by atoms with Crippen LogP contribution in [0.3, 0.4) is 0 Å². The van der Waals surface area contributed by atoms with Gasteiger partial charge in [0.1, 0.15) is 0 Å². The third kappa shape index (κ3) is 6.66. The smallest absolute Gasteiger partial charge is 0.221 e. The molecular weight excluding hydrogens is 256 g/mol. The Balaban J connectivity index is 2.15. The fraction of sp³-hybridized carbons (Fsp3) is 0.933. The standard InChI is InChI=1S/C15H30N2OS/c1-16-15(9-5-3-6-10-15)13-14(18)17-11-7-4-8-12-19-2/h16H,3-13H2,1-2H3,(H,17,18). The molecule has 0 unspecified atom stereocenters. The van der Waals surface area contributed by atoms with Crippen molar-refractivity contribution in [2.24, 2.45) is 0 Å². The monoisotopic (exact) mass is 286 g/mol. The second kappa shape index (κ2) is 9.65. The largest absolute Gasteiger partial charge is 0.356 e. The van der Waals surface area contributed by atoms with Crippen LogP contribution in [0.4, 0.5) is 0 Å². The molecule has 2 N–H and O–H groups in total. The Morgan fingerprint density at radius 1 is 1.16 bits per heavy atom. The highest BCUT2D eigenvalue weighted by Crippen LogP contribution is 2.30. The van der Waals surface area contributed by atoms with E-state index in [2.05, 4.69) is 16.9 Å². The van der Waals surface area contributed by atoms with Crippen LogP contribution in [0.1, 0.15) is 57.8 Å². The summed E-state index contributed by atoms with van der Waals surface area (Å²) in [7, 11) is 2.00. The normalized spacial score (nSPS) is 18.2. The number of nitrogens with one attached hydrogen (secondary N) is 2. The van der Waals surface area contributed by atoms with Crippen molar-refractivity contribution in [2.75, 3.05) is 25.6 Å². The van der Waals surface area contributed by atoms with Crippen molar-refractivity contribution in [3.63, 3.8) is 0 Å². The minimum absolute atomic E-state index is 0.0706. The number of rotatable bonds is 9. The van der Waals surface area contributed by atoms with Crippen molar-refractivity contribution >= 4 is 17.7 Å². The van der Waals surface area contributed by atoms with E-state index in [0.29, 0.717) is 6.42 Å². The highest BCUT2D eigenvalue weighted by atomic mass is 32.2. The lowest BCUT2D eigenvalue weighted by atomic mass is 9.79. The van der Waals surface area contributed by atoms with Crippen LogP contribution in [0.25, 0.3) is 0 Å². The van der Waals surface area contributed by atoms with Crippen LogP contribution in [0.5, 0.6) is 0 Å². The van der Waals surface area contributed by atoms with E-state index >= 15 is 0 Å². The first kappa shape index (κ1) is 16.8. The maximum atomic E-state index is 12.0. The number of amides is 1. The van der Waals surface area contributed by atoms with Gasteiger partial charge in [-0.25, -0.2) is 0 Å². The molecule has 1 saturated carbocycles. The molecule has 0 saturated heterocycles. The third-order valence-electron chi connectivity index (χ3n) is 4.19. The molecule has 0 aromatic carbocycles. The topological polar surface area (TPSA) is 41.1 Å². The molecule has 112 valence electrons. The van der Waals surface area contributed by atoms with E-state index in [0.717, 1.165) is 25.8 Å². The van der Waals surface area contributed by atoms with Crippen LogP contribution in [0.2, 0.25) is 0 Å². The quantitative estimate of drug-likeness (QED) is 0.640. The van der Waals surface area contributed by atoms with Crippen molar-refractivity contribution in [1.29, 1.82) is 0 Å². The van der Waals surface area contributed by atoms with Crippen LogP contribution in [0.15, 0.2) is 0 Å². The van der Waals surface area contributed by atoms with E-state index in [4.69, 9.17) is 0 Å². The molecule has 0 radical (unpaired) electrons. The maximum absolute atomic E-state index is 12.0. The van der Waals surface area contributed by atoms with Gasteiger partial charge in [-0.3, -0.25) is 4.79 Å². The van der Waals surface area contributed by atoms with Crippen LogP contribution in [-0.4, -0.2) is 37.0 Å². The van der Waals surface area contributed by atoms with E-state index < -0.39 is 0 Å². The molecule has 4 heteroatoms. The zero-order valence-electron chi connectivity index (χ0n) is 12.6. The Bertz CT molecular complexity index is 253. The lowest BCUT2D eigenvalue weighted by Crippen LogP contribution is -2.48. The first-order valence-electron chi connectivity index (χ1n) is 7.67. The van der Waals surface area contributed by atoms with Crippen LogP contribution in [0, 0.1) is 0 Å². The van der Waals surface area contributed by atoms with Gasteiger partial charge in [0, 0.05) is 18.5 Å². The highest BCUT2D eigenvalue weighted by Gasteiger charge is 2.32. The summed E-state index contributed by atoms with van der Waals surface area (Å²) in [5.41, 5.74) is 0.0706. The number of carbonyl (C=O) groups excluding carboxylic acids is 1. The number of carbonyl (C=O) groups is 1. The molecule has 1 rings (SSSR count). The first-order valence-corrected chi connectivity index (χ1v) is 9.06. The van der Waals surface area contributed by atoms with Gasteiger partial charge >= 0.3 is 0 Å². The van der Waals surface area contributed by atoms with Gasteiger partial charge in [0.05, 0.1) is 0 Å². The van der Waals surface area contributed by atoms with Crippen LogP contribution >= 0.6 is 11.8 Å². The van der Waals surface area contributed by atoms with Gasteiger partial charge in [0.2, 0.25) is 5.91 Å². The summed E-state index contributed by atoms with van der Waals surface area (Å²) in [6.07, 6.45) is 12.5. The number of hydrogen-bond donors (Lipinski definition) is 2. The maximum Gasteiger partial charge on any atom is 0.221 e. The van der Waals surface area contributed by atoms with Crippen LogP contribution < -0.4 is 10.6 Å². The second-order valence-electron chi connectivity index (χ2n) is 5.67. The Kier molecular flexibility index (Phi) is 8.55. The van der Waals surface area contributed by atoms with Gasteiger partial charge in [-0.2, -0.15) is 11.8 Å². The Labute approximate surface area is 122 Å². The van der Waals surface area contributed by atoms with Gasteiger partial charge in [-0.05, 0) is 44.7 Å². The molecule has 1 aliphatic carbocycles.